The van der Waals surface area contributed by atoms with Crippen molar-refractivity contribution in [2.45, 2.75) is 18.4 Å². The van der Waals surface area contributed by atoms with Crippen LogP contribution in [0.15, 0.2) is 53.1 Å². The number of halogens is 1. The zero-order valence-corrected chi connectivity index (χ0v) is 11.8. The highest BCUT2D eigenvalue weighted by molar-refractivity contribution is 9.10. The second kappa shape index (κ2) is 5.13. The van der Waals surface area contributed by atoms with E-state index in [0.29, 0.717) is 11.6 Å². The number of amides is 1. The summed E-state index contributed by atoms with van der Waals surface area (Å²) < 4.78 is 0.726. The van der Waals surface area contributed by atoms with Crippen LogP contribution in [-0.2, 0) is 0 Å². The highest BCUT2D eigenvalue weighted by atomic mass is 79.9. The van der Waals surface area contributed by atoms with Crippen molar-refractivity contribution >= 4 is 21.8 Å². The molecule has 96 valence electrons. The monoisotopic (exact) mass is 316 g/mol. The molecule has 1 saturated carbocycles. The molecular formula is C15H13BrN2O. The van der Waals surface area contributed by atoms with Gasteiger partial charge in [-0.1, -0.05) is 30.3 Å². The van der Waals surface area contributed by atoms with Crippen molar-refractivity contribution < 1.29 is 4.79 Å². The van der Waals surface area contributed by atoms with Gasteiger partial charge in [-0.05, 0) is 40.0 Å². The first-order valence-corrected chi connectivity index (χ1v) is 7.01. The van der Waals surface area contributed by atoms with E-state index in [-0.39, 0.29) is 11.9 Å². The second-order valence-corrected chi connectivity index (χ2v) is 5.52. The van der Waals surface area contributed by atoms with Gasteiger partial charge in [-0.2, -0.15) is 0 Å². The highest BCUT2D eigenvalue weighted by Gasteiger charge is 2.39. The fourth-order valence-electron chi connectivity index (χ4n) is 2.21. The normalized spacial score (nSPS) is 20.9. The Balaban J connectivity index is 1.66. The molecule has 2 aromatic rings. The molecular weight excluding hydrogens is 304 g/mol. The van der Waals surface area contributed by atoms with Gasteiger partial charge in [0.15, 0.2) is 0 Å². The Morgan fingerprint density at radius 1 is 1.21 bits per heavy atom. The van der Waals surface area contributed by atoms with Crippen molar-refractivity contribution in [1.82, 2.24) is 10.3 Å². The standard InChI is InChI=1S/C15H13BrN2O/c16-12-7-4-8-17-14(12)15(19)18-13-9-11(13)10-5-2-1-3-6-10/h1-8,11,13H,9H2,(H,18,19). The fourth-order valence-corrected chi connectivity index (χ4v) is 2.65. The third-order valence-electron chi connectivity index (χ3n) is 3.31. The molecule has 19 heavy (non-hydrogen) atoms. The minimum Gasteiger partial charge on any atom is -0.347 e. The lowest BCUT2D eigenvalue weighted by Crippen LogP contribution is -2.27. The molecule has 0 saturated heterocycles. The number of pyridine rings is 1. The van der Waals surface area contributed by atoms with E-state index < -0.39 is 0 Å². The van der Waals surface area contributed by atoms with Gasteiger partial charge in [0.05, 0.1) is 0 Å². The molecule has 4 heteroatoms. The third-order valence-corrected chi connectivity index (χ3v) is 3.95. The second-order valence-electron chi connectivity index (χ2n) is 4.67. The highest BCUT2D eigenvalue weighted by Crippen LogP contribution is 2.40. The van der Waals surface area contributed by atoms with E-state index in [1.54, 1.807) is 12.3 Å². The topological polar surface area (TPSA) is 42.0 Å². The van der Waals surface area contributed by atoms with Crippen LogP contribution >= 0.6 is 15.9 Å². The van der Waals surface area contributed by atoms with Gasteiger partial charge in [-0.3, -0.25) is 4.79 Å². The molecule has 0 radical (unpaired) electrons. The summed E-state index contributed by atoms with van der Waals surface area (Å²) in [6.07, 6.45) is 2.63. The van der Waals surface area contributed by atoms with E-state index in [1.165, 1.54) is 5.56 Å². The number of benzene rings is 1. The predicted molar refractivity (Wildman–Crippen MR) is 77.0 cm³/mol. The lowest BCUT2D eigenvalue weighted by Gasteiger charge is -2.05. The summed E-state index contributed by atoms with van der Waals surface area (Å²) in [4.78, 5) is 16.2. The zero-order chi connectivity index (χ0) is 13.2. The Labute approximate surface area is 120 Å². The van der Waals surface area contributed by atoms with Crippen LogP contribution in [0.2, 0.25) is 0 Å². The van der Waals surface area contributed by atoms with Crippen molar-refractivity contribution in [2.24, 2.45) is 0 Å². The average Bonchev–Trinajstić information content (AvgIpc) is 3.19. The van der Waals surface area contributed by atoms with E-state index in [1.807, 2.05) is 24.3 Å². The number of hydrogen-bond donors (Lipinski definition) is 1. The Morgan fingerprint density at radius 2 is 2.00 bits per heavy atom. The Bertz CT molecular complexity index is 600. The molecule has 1 amide bonds. The molecule has 1 aromatic heterocycles. The van der Waals surface area contributed by atoms with Gasteiger partial charge in [-0.25, -0.2) is 4.98 Å². The maximum absolute atomic E-state index is 12.1. The predicted octanol–water partition coefficient (Wildman–Crippen LogP) is 3.13. The minimum absolute atomic E-state index is 0.115. The van der Waals surface area contributed by atoms with Crippen LogP contribution in [0.1, 0.15) is 28.4 Å². The molecule has 1 aliphatic carbocycles. The molecule has 0 spiro atoms. The van der Waals surface area contributed by atoms with E-state index in [0.717, 1.165) is 10.9 Å². The molecule has 1 heterocycles. The Hall–Kier alpha value is -1.68. The van der Waals surface area contributed by atoms with Crippen LogP contribution in [0.3, 0.4) is 0 Å². The van der Waals surface area contributed by atoms with Crippen LogP contribution in [0.25, 0.3) is 0 Å². The number of rotatable bonds is 3. The van der Waals surface area contributed by atoms with E-state index >= 15 is 0 Å². The van der Waals surface area contributed by atoms with Crippen molar-refractivity contribution in [3.05, 3.63) is 64.4 Å². The third kappa shape index (κ3) is 2.68. The summed E-state index contributed by atoms with van der Waals surface area (Å²) in [5, 5.41) is 3.03. The average molecular weight is 317 g/mol. The van der Waals surface area contributed by atoms with Gasteiger partial charge in [0.1, 0.15) is 5.69 Å². The number of carbonyl (C=O) groups excluding carboxylic acids is 1. The molecule has 1 N–H and O–H groups in total. The molecule has 0 bridgehead atoms. The SMILES string of the molecule is O=C(NC1CC1c1ccccc1)c1ncccc1Br. The lowest BCUT2D eigenvalue weighted by atomic mass is 10.1. The van der Waals surface area contributed by atoms with Crippen molar-refractivity contribution in [2.75, 3.05) is 0 Å². The van der Waals surface area contributed by atoms with Gasteiger partial charge in [-0.15, -0.1) is 0 Å². The van der Waals surface area contributed by atoms with Gasteiger partial charge in [0.25, 0.3) is 5.91 Å². The summed E-state index contributed by atoms with van der Waals surface area (Å²) in [6, 6.07) is 14.1. The molecule has 2 atom stereocenters. The minimum atomic E-state index is -0.115. The molecule has 1 fully saturated rings. The number of nitrogens with one attached hydrogen (secondary N) is 1. The molecule has 1 aromatic carbocycles. The number of aromatic nitrogens is 1. The fraction of sp³-hybridized carbons (Fsp3) is 0.200. The first kappa shape index (κ1) is 12.4. The molecule has 3 rings (SSSR count). The van der Waals surface area contributed by atoms with Gasteiger partial charge < -0.3 is 5.32 Å². The smallest absolute Gasteiger partial charge is 0.271 e. The van der Waals surface area contributed by atoms with E-state index in [4.69, 9.17) is 0 Å². The Morgan fingerprint density at radius 3 is 2.74 bits per heavy atom. The molecule has 2 unspecified atom stereocenters. The van der Waals surface area contributed by atoms with Crippen LogP contribution in [-0.4, -0.2) is 16.9 Å². The summed E-state index contributed by atoms with van der Waals surface area (Å²) >= 11 is 3.34. The van der Waals surface area contributed by atoms with E-state index in [9.17, 15) is 4.79 Å². The van der Waals surface area contributed by atoms with Gasteiger partial charge in [0, 0.05) is 22.6 Å². The number of carbonyl (C=O) groups is 1. The summed E-state index contributed by atoms with van der Waals surface area (Å²) in [7, 11) is 0. The summed E-state index contributed by atoms with van der Waals surface area (Å²) in [6.45, 7) is 0. The summed E-state index contributed by atoms with van der Waals surface area (Å²) in [5.74, 6) is 0.323. The number of hydrogen-bond acceptors (Lipinski definition) is 2. The molecule has 1 aliphatic rings. The first-order valence-electron chi connectivity index (χ1n) is 6.22. The lowest BCUT2D eigenvalue weighted by molar-refractivity contribution is 0.0944. The van der Waals surface area contributed by atoms with Crippen LogP contribution in [0, 0.1) is 0 Å². The van der Waals surface area contributed by atoms with Crippen molar-refractivity contribution in [3.63, 3.8) is 0 Å². The van der Waals surface area contributed by atoms with Crippen LogP contribution in [0.4, 0.5) is 0 Å². The van der Waals surface area contributed by atoms with Gasteiger partial charge >= 0.3 is 0 Å². The first-order chi connectivity index (χ1) is 9.25. The molecule has 0 aliphatic heterocycles. The zero-order valence-electron chi connectivity index (χ0n) is 10.2. The van der Waals surface area contributed by atoms with Crippen LogP contribution in [0.5, 0.6) is 0 Å². The largest absolute Gasteiger partial charge is 0.347 e. The maximum atomic E-state index is 12.1. The quantitative estimate of drug-likeness (QED) is 0.945. The summed E-state index contributed by atoms with van der Waals surface area (Å²) in [5.41, 5.74) is 1.73. The number of nitrogens with zero attached hydrogens (tertiary/aromatic N) is 1. The van der Waals surface area contributed by atoms with Crippen LogP contribution < -0.4 is 5.32 Å². The van der Waals surface area contributed by atoms with Crippen molar-refractivity contribution in [1.29, 1.82) is 0 Å². The van der Waals surface area contributed by atoms with Crippen molar-refractivity contribution in [3.8, 4) is 0 Å². The molecule has 3 nitrogen and oxygen atoms in total. The Kier molecular flexibility index (Phi) is 3.34. The van der Waals surface area contributed by atoms with Gasteiger partial charge in [0.2, 0.25) is 0 Å². The maximum Gasteiger partial charge on any atom is 0.271 e. The van der Waals surface area contributed by atoms with E-state index in [2.05, 4.69) is 38.4 Å².